The normalized spacial score (nSPS) is 13.0. The van der Waals surface area contributed by atoms with E-state index in [9.17, 15) is 17.6 Å². The number of hydrogen-bond donors (Lipinski definition) is 1. The first-order chi connectivity index (χ1) is 13.6. The zero-order chi connectivity index (χ0) is 21.3. The van der Waals surface area contributed by atoms with Gasteiger partial charge in [0.2, 0.25) is 0 Å². The highest BCUT2D eigenvalue weighted by Crippen LogP contribution is 2.37. The third-order valence-electron chi connectivity index (χ3n) is 4.58. The van der Waals surface area contributed by atoms with Crippen LogP contribution in [0.5, 0.6) is 11.5 Å². The van der Waals surface area contributed by atoms with Gasteiger partial charge >= 0.3 is 6.36 Å². The third-order valence-corrected chi connectivity index (χ3v) is 4.89. The van der Waals surface area contributed by atoms with Crippen molar-refractivity contribution in [2.75, 3.05) is 6.54 Å². The molecule has 4 nitrogen and oxygen atoms in total. The maximum atomic E-state index is 14.6. The van der Waals surface area contributed by atoms with Crippen LogP contribution in [0.15, 0.2) is 36.5 Å². The van der Waals surface area contributed by atoms with E-state index in [-0.39, 0.29) is 23.3 Å². The van der Waals surface area contributed by atoms with Gasteiger partial charge in [0.25, 0.3) is 0 Å². The Morgan fingerprint density at radius 1 is 1.21 bits per heavy atom. The van der Waals surface area contributed by atoms with Gasteiger partial charge in [-0.15, -0.1) is 13.2 Å². The lowest BCUT2D eigenvalue weighted by atomic mass is 10.00. The van der Waals surface area contributed by atoms with Crippen LogP contribution in [0.3, 0.4) is 0 Å². The Kier molecular flexibility index (Phi) is 5.95. The van der Waals surface area contributed by atoms with Gasteiger partial charge in [-0.3, -0.25) is 0 Å². The summed E-state index contributed by atoms with van der Waals surface area (Å²) >= 11 is 5.76. The minimum absolute atomic E-state index is 0.0200. The van der Waals surface area contributed by atoms with E-state index in [0.29, 0.717) is 17.5 Å². The highest BCUT2D eigenvalue weighted by Gasteiger charge is 2.32. The van der Waals surface area contributed by atoms with Crippen molar-refractivity contribution in [3.8, 4) is 11.5 Å². The topological polar surface area (TPSA) is 49.4 Å². The maximum absolute atomic E-state index is 14.6. The van der Waals surface area contributed by atoms with Gasteiger partial charge in [-0.25, -0.2) is 4.39 Å². The first-order valence-corrected chi connectivity index (χ1v) is 9.13. The molecule has 0 saturated heterocycles. The fourth-order valence-corrected chi connectivity index (χ4v) is 3.26. The van der Waals surface area contributed by atoms with Crippen LogP contribution in [0.2, 0.25) is 5.02 Å². The summed E-state index contributed by atoms with van der Waals surface area (Å²) in [5, 5.41) is 0.396. The number of nitrogens with two attached hydrogens (primary N) is 1. The minimum atomic E-state index is -4.88. The van der Waals surface area contributed by atoms with Crippen LogP contribution in [0.1, 0.15) is 24.0 Å². The summed E-state index contributed by atoms with van der Waals surface area (Å²) in [7, 11) is 1.83. The van der Waals surface area contributed by atoms with Gasteiger partial charge in [0.15, 0.2) is 11.6 Å². The van der Waals surface area contributed by atoms with E-state index in [0.717, 1.165) is 17.1 Å². The average Bonchev–Trinajstić information content (AvgIpc) is 2.98. The van der Waals surface area contributed by atoms with Crippen molar-refractivity contribution in [1.82, 2.24) is 4.57 Å². The number of ether oxygens (including phenoxy) is 2. The van der Waals surface area contributed by atoms with Crippen LogP contribution in [0.25, 0.3) is 10.9 Å². The van der Waals surface area contributed by atoms with Crippen LogP contribution < -0.4 is 15.2 Å². The van der Waals surface area contributed by atoms with Crippen molar-refractivity contribution in [2.24, 2.45) is 12.8 Å². The lowest BCUT2D eigenvalue weighted by molar-refractivity contribution is -0.274. The molecule has 0 radical (unpaired) electrons. The van der Waals surface area contributed by atoms with Crippen molar-refractivity contribution < 1.29 is 27.0 Å². The summed E-state index contributed by atoms with van der Waals surface area (Å²) < 4.78 is 63.6. The third kappa shape index (κ3) is 4.59. The smallest absolute Gasteiger partial charge is 0.485 e. The molecule has 0 aliphatic rings. The number of aromatic nitrogens is 1. The summed E-state index contributed by atoms with van der Waals surface area (Å²) in [6.07, 6.45) is -3.01. The molecule has 9 heteroatoms. The number of rotatable bonds is 6. The Morgan fingerprint density at radius 2 is 1.93 bits per heavy atom. The van der Waals surface area contributed by atoms with E-state index < -0.39 is 17.9 Å². The Labute approximate surface area is 169 Å². The molecule has 2 aromatic carbocycles. The molecule has 3 rings (SSSR count). The molecule has 0 bridgehead atoms. The first kappa shape index (κ1) is 21.3. The number of hydrogen-bond acceptors (Lipinski definition) is 3. The molecule has 0 fully saturated rings. The molecule has 1 unspecified atom stereocenters. The van der Waals surface area contributed by atoms with E-state index in [4.69, 9.17) is 22.1 Å². The van der Waals surface area contributed by atoms with Gasteiger partial charge in [0.1, 0.15) is 12.4 Å². The maximum Gasteiger partial charge on any atom is 0.573 e. The lowest BCUT2D eigenvalue weighted by Crippen LogP contribution is -2.17. The molecular weight excluding hydrogens is 412 g/mol. The number of benzene rings is 2. The molecule has 156 valence electrons. The van der Waals surface area contributed by atoms with Crippen LogP contribution >= 0.6 is 11.6 Å². The number of halogens is 5. The van der Waals surface area contributed by atoms with Crippen LogP contribution in [0.4, 0.5) is 17.6 Å². The zero-order valence-electron chi connectivity index (χ0n) is 15.7. The molecule has 0 amide bonds. The quantitative estimate of drug-likeness (QED) is 0.524. The van der Waals surface area contributed by atoms with Crippen molar-refractivity contribution in [3.05, 3.63) is 58.5 Å². The van der Waals surface area contributed by atoms with Gasteiger partial charge < -0.3 is 19.8 Å². The lowest BCUT2D eigenvalue weighted by Gasteiger charge is -2.14. The van der Waals surface area contributed by atoms with Gasteiger partial charge in [0.05, 0.1) is 10.5 Å². The standard InChI is InChI=1S/C20H19ClF4N2O2/c1-11(8-26)13-9-27(2)16-6-5-15(22)19(18(13)16)28-10-12-3-4-14(21)17(7-12)29-20(23,24)25/h3-7,9,11H,8,10,26H2,1-2H3. The highest BCUT2D eigenvalue weighted by atomic mass is 35.5. The molecule has 29 heavy (non-hydrogen) atoms. The number of fused-ring (bicyclic) bond motifs is 1. The minimum Gasteiger partial charge on any atom is -0.485 e. The highest BCUT2D eigenvalue weighted by molar-refractivity contribution is 6.32. The summed E-state index contributed by atoms with van der Waals surface area (Å²) in [6.45, 7) is 2.11. The Balaban J connectivity index is 1.95. The number of alkyl halides is 3. The number of nitrogens with zero attached hydrogens (tertiary/aromatic N) is 1. The van der Waals surface area contributed by atoms with Gasteiger partial charge in [-0.05, 0) is 47.9 Å². The van der Waals surface area contributed by atoms with Gasteiger partial charge in [-0.2, -0.15) is 0 Å². The molecule has 1 aromatic heterocycles. The predicted molar refractivity (Wildman–Crippen MR) is 103 cm³/mol. The van der Waals surface area contributed by atoms with Crippen molar-refractivity contribution >= 4 is 22.5 Å². The number of aryl methyl sites for hydroxylation is 1. The van der Waals surface area contributed by atoms with Crippen molar-refractivity contribution in [2.45, 2.75) is 25.8 Å². The van der Waals surface area contributed by atoms with Crippen molar-refractivity contribution in [1.29, 1.82) is 0 Å². The summed E-state index contributed by atoms with van der Waals surface area (Å²) in [4.78, 5) is 0. The van der Waals surface area contributed by atoms with E-state index in [2.05, 4.69) is 4.74 Å². The largest absolute Gasteiger partial charge is 0.573 e. The second-order valence-corrected chi connectivity index (χ2v) is 7.11. The molecule has 3 aromatic rings. The Morgan fingerprint density at radius 3 is 2.59 bits per heavy atom. The molecule has 1 atom stereocenters. The van der Waals surface area contributed by atoms with Crippen molar-refractivity contribution in [3.63, 3.8) is 0 Å². The second kappa shape index (κ2) is 8.12. The fraction of sp³-hybridized carbons (Fsp3) is 0.300. The monoisotopic (exact) mass is 430 g/mol. The van der Waals surface area contributed by atoms with E-state index in [1.165, 1.54) is 18.2 Å². The second-order valence-electron chi connectivity index (χ2n) is 6.70. The van der Waals surface area contributed by atoms with Gasteiger partial charge in [-0.1, -0.05) is 24.6 Å². The molecule has 1 heterocycles. The molecule has 0 spiro atoms. The molecule has 0 aliphatic heterocycles. The summed E-state index contributed by atoms with van der Waals surface area (Å²) in [6, 6.07) is 6.79. The fourth-order valence-electron chi connectivity index (χ4n) is 3.10. The van der Waals surface area contributed by atoms with E-state index >= 15 is 0 Å². The van der Waals surface area contributed by atoms with Crippen LogP contribution in [0, 0.1) is 5.82 Å². The average molecular weight is 431 g/mol. The predicted octanol–water partition coefficient (Wildman–Crippen LogP) is 5.51. The molecule has 0 saturated carbocycles. The summed E-state index contributed by atoms with van der Waals surface area (Å²) in [5.74, 6) is -1.14. The van der Waals surface area contributed by atoms with Crippen LogP contribution in [-0.2, 0) is 13.7 Å². The Bertz CT molecular complexity index is 1030. The molecule has 0 aliphatic carbocycles. The van der Waals surface area contributed by atoms with E-state index in [1.807, 2.05) is 24.7 Å². The SMILES string of the molecule is CC(CN)c1cn(C)c2ccc(F)c(OCc3ccc(Cl)c(OC(F)(F)F)c3)c12. The molecule has 2 N–H and O–H groups in total. The summed E-state index contributed by atoms with van der Waals surface area (Å²) in [5.41, 5.74) is 7.71. The van der Waals surface area contributed by atoms with Gasteiger partial charge in [0, 0.05) is 18.6 Å². The molecular formula is C20H19ClF4N2O2. The Hall–Kier alpha value is -2.45. The van der Waals surface area contributed by atoms with Crippen LogP contribution in [-0.4, -0.2) is 17.5 Å². The zero-order valence-corrected chi connectivity index (χ0v) is 16.4. The first-order valence-electron chi connectivity index (χ1n) is 8.75. The van der Waals surface area contributed by atoms with E-state index in [1.54, 1.807) is 6.07 Å².